The molecule has 0 aliphatic carbocycles. The molecule has 3 heteroatoms. The van der Waals surface area contributed by atoms with Crippen molar-refractivity contribution in [2.75, 3.05) is 5.32 Å². The Morgan fingerprint density at radius 1 is 1.00 bits per heavy atom. The van der Waals surface area contributed by atoms with Crippen LogP contribution < -0.4 is 5.32 Å². The van der Waals surface area contributed by atoms with Crippen LogP contribution in [-0.4, -0.2) is 4.98 Å². The Morgan fingerprint density at radius 2 is 1.84 bits per heavy atom. The van der Waals surface area contributed by atoms with Gasteiger partial charge in [-0.3, -0.25) is 4.98 Å². The fourth-order valence-corrected chi connectivity index (χ4v) is 2.02. The highest BCUT2D eigenvalue weighted by Gasteiger charge is 2.01. The number of hydrogen-bond acceptors (Lipinski definition) is 3. The molecule has 0 spiro atoms. The number of nitrogens with zero attached hydrogens (tertiary/aromatic N) is 2. The standard InChI is InChI=1S/C16H11N3/c17-10-12-4-6-14(7-5-12)19-16-3-1-2-13-11-18-9-8-15(13)16/h1-9,11,19H. The molecule has 3 rings (SSSR count). The van der Waals surface area contributed by atoms with Crippen molar-refractivity contribution in [1.29, 1.82) is 5.26 Å². The molecule has 19 heavy (non-hydrogen) atoms. The van der Waals surface area contributed by atoms with Gasteiger partial charge in [0, 0.05) is 34.5 Å². The number of pyridine rings is 1. The van der Waals surface area contributed by atoms with E-state index >= 15 is 0 Å². The van der Waals surface area contributed by atoms with Crippen molar-refractivity contribution >= 4 is 22.1 Å². The van der Waals surface area contributed by atoms with Crippen LogP contribution in [0.3, 0.4) is 0 Å². The molecule has 0 unspecified atom stereocenters. The van der Waals surface area contributed by atoms with Gasteiger partial charge in [-0.25, -0.2) is 0 Å². The summed E-state index contributed by atoms with van der Waals surface area (Å²) >= 11 is 0. The molecule has 1 heterocycles. The van der Waals surface area contributed by atoms with Crippen molar-refractivity contribution in [3.05, 3.63) is 66.5 Å². The second-order valence-electron chi connectivity index (χ2n) is 4.22. The SMILES string of the molecule is N#Cc1ccc(Nc2cccc3cnccc23)cc1. The number of fused-ring (bicyclic) bond motifs is 1. The van der Waals surface area contributed by atoms with Gasteiger partial charge in [0.25, 0.3) is 0 Å². The van der Waals surface area contributed by atoms with Crippen LogP contribution >= 0.6 is 0 Å². The van der Waals surface area contributed by atoms with E-state index in [0.29, 0.717) is 5.56 Å². The van der Waals surface area contributed by atoms with Gasteiger partial charge >= 0.3 is 0 Å². The van der Waals surface area contributed by atoms with Gasteiger partial charge < -0.3 is 5.32 Å². The Labute approximate surface area is 111 Å². The maximum absolute atomic E-state index is 8.78. The third-order valence-corrected chi connectivity index (χ3v) is 2.97. The maximum Gasteiger partial charge on any atom is 0.0991 e. The monoisotopic (exact) mass is 245 g/mol. The smallest absolute Gasteiger partial charge is 0.0991 e. The summed E-state index contributed by atoms with van der Waals surface area (Å²) in [5.74, 6) is 0. The van der Waals surface area contributed by atoms with Crippen LogP contribution in [0, 0.1) is 11.3 Å². The average molecular weight is 245 g/mol. The molecule has 0 aliphatic heterocycles. The zero-order valence-corrected chi connectivity index (χ0v) is 10.2. The van der Waals surface area contributed by atoms with Gasteiger partial charge in [-0.15, -0.1) is 0 Å². The van der Waals surface area contributed by atoms with Crippen molar-refractivity contribution in [3.8, 4) is 6.07 Å². The van der Waals surface area contributed by atoms with Crippen molar-refractivity contribution in [1.82, 2.24) is 4.98 Å². The van der Waals surface area contributed by atoms with Gasteiger partial charge in [0.15, 0.2) is 0 Å². The highest BCUT2D eigenvalue weighted by Crippen LogP contribution is 2.25. The van der Waals surface area contributed by atoms with E-state index in [0.717, 1.165) is 22.1 Å². The molecule has 90 valence electrons. The molecule has 3 nitrogen and oxygen atoms in total. The summed E-state index contributed by atoms with van der Waals surface area (Å²) in [6.45, 7) is 0. The lowest BCUT2D eigenvalue weighted by Gasteiger charge is -2.09. The first-order chi connectivity index (χ1) is 9.36. The third kappa shape index (κ3) is 2.24. The summed E-state index contributed by atoms with van der Waals surface area (Å²) in [5, 5.41) is 14.4. The van der Waals surface area contributed by atoms with Crippen LogP contribution in [-0.2, 0) is 0 Å². The van der Waals surface area contributed by atoms with E-state index in [2.05, 4.69) is 16.4 Å². The molecule has 0 radical (unpaired) electrons. The second-order valence-corrected chi connectivity index (χ2v) is 4.22. The lowest BCUT2D eigenvalue weighted by molar-refractivity contribution is 1.36. The van der Waals surface area contributed by atoms with Gasteiger partial charge in [0.1, 0.15) is 0 Å². The minimum absolute atomic E-state index is 0.660. The normalized spacial score (nSPS) is 10.1. The fraction of sp³-hybridized carbons (Fsp3) is 0. The van der Waals surface area contributed by atoms with Gasteiger partial charge in [-0.05, 0) is 36.4 Å². The highest BCUT2D eigenvalue weighted by molar-refractivity contribution is 5.94. The van der Waals surface area contributed by atoms with E-state index in [4.69, 9.17) is 5.26 Å². The van der Waals surface area contributed by atoms with E-state index in [1.807, 2.05) is 42.6 Å². The topological polar surface area (TPSA) is 48.7 Å². The lowest BCUT2D eigenvalue weighted by Crippen LogP contribution is -1.91. The molecular formula is C16H11N3. The largest absolute Gasteiger partial charge is 0.355 e. The van der Waals surface area contributed by atoms with Crippen LogP contribution in [0.1, 0.15) is 5.56 Å². The molecule has 0 saturated heterocycles. The molecule has 0 fully saturated rings. The fourth-order valence-electron chi connectivity index (χ4n) is 2.02. The van der Waals surface area contributed by atoms with E-state index in [1.165, 1.54) is 0 Å². The Morgan fingerprint density at radius 3 is 2.63 bits per heavy atom. The zero-order valence-electron chi connectivity index (χ0n) is 10.2. The summed E-state index contributed by atoms with van der Waals surface area (Å²) in [5.41, 5.74) is 2.65. The average Bonchev–Trinajstić information content (AvgIpc) is 2.48. The number of rotatable bonds is 2. The number of nitriles is 1. The first-order valence-electron chi connectivity index (χ1n) is 5.97. The van der Waals surface area contributed by atoms with Crippen LogP contribution in [0.5, 0.6) is 0 Å². The predicted molar refractivity (Wildman–Crippen MR) is 76.2 cm³/mol. The molecule has 0 aliphatic rings. The number of nitrogens with one attached hydrogen (secondary N) is 1. The van der Waals surface area contributed by atoms with E-state index in [1.54, 1.807) is 18.3 Å². The van der Waals surface area contributed by atoms with Crippen LogP contribution in [0.2, 0.25) is 0 Å². The maximum atomic E-state index is 8.78. The van der Waals surface area contributed by atoms with Crippen molar-refractivity contribution in [3.63, 3.8) is 0 Å². The van der Waals surface area contributed by atoms with Gasteiger partial charge in [-0.1, -0.05) is 12.1 Å². The first-order valence-corrected chi connectivity index (χ1v) is 5.97. The molecule has 3 aromatic rings. The molecule has 0 saturated carbocycles. The summed E-state index contributed by atoms with van der Waals surface area (Å²) in [4.78, 5) is 4.12. The number of aromatic nitrogens is 1. The number of hydrogen-bond donors (Lipinski definition) is 1. The highest BCUT2D eigenvalue weighted by atomic mass is 14.9. The van der Waals surface area contributed by atoms with Gasteiger partial charge in [0.05, 0.1) is 11.6 Å². The summed E-state index contributed by atoms with van der Waals surface area (Å²) < 4.78 is 0. The minimum atomic E-state index is 0.660. The molecule has 1 N–H and O–H groups in total. The van der Waals surface area contributed by atoms with E-state index in [9.17, 15) is 0 Å². The number of anilines is 2. The second kappa shape index (κ2) is 4.79. The minimum Gasteiger partial charge on any atom is -0.355 e. The third-order valence-electron chi connectivity index (χ3n) is 2.97. The molecule has 0 bridgehead atoms. The predicted octanol–water partition coefficient (Wildman–Crippen LogP) is 3.85. The van der Waals surface area contributed by atoms with Crippen LogP contribution in [0.4, 0.5) is 11.4 Å². The van der Waals surface area contributed by atoms with Gasteiger partial charge in [-0.2, -0.15) is 5.26 Å². The Bertz CT molecular complexity index is 750. The summed E-state index contributed by atoms with van der Waals surface area (Å²) in [6, 6.07) is 17.6. The van der Waals surface area contributed by atoms with E-state index < -0.39 is 0 Å². The van der Waals surface area contributed by atoms with Crippen LogP contribution in [0.15, 0.2) is 60.9 Å². The molecule has 0 amide bonds. The molecule has 0 atom stereocenters. The first kappa shape index (κ1) is 11.2. The Balaban J connectivity index is 1.99. The molecule has 2 aromatic carbocycles. The summed E-state index contributed by atoms with van der Waals surface area (Å²) in [6.07, 6.45) is 3.63. The quantitative estimate of drug-likeness (QED) is 0.746. The van der Waals surface area contributed by atoms with Gasteiger partial charge in [0.2, 0.25) is 0 Å². The van der Waals surface area contributed by atoms with Crippen molar-refractivity contribution in [2.24, 2.45) is 0 Å². The molecule has 1 aromatic heterocycles. The number of benzene rings is 2. The van der Waals surface area contributed by atoms with Crippen LogP contribution in [0.25, 0.3) is 10.8 Å². The van der Waals surface area contributed by atoms with Crippen molar-refractivity contribution < 1.29 is 0 Å². The Kier molecular flexibility index (Phi) is 2.83. The van der Waals surface area contributed by atoms with E-state index in [-0.39, 0.29) is 0 Å². The lowest BCUT2D eigenvalue weighted by atomic mass is 10.1. The zero-order chi connectivity index (χ0) is 13.1. The Hall–Kier alpha value is -2.86. The van der Waals surface area contributed by atoms with Crippen molar-refractivity contribution in [2.45, 2.75) is 0 Å². The molecular weight excluding hydrogens is 234 g/mol. The summed E-state index contributed by atoms with van der Waals surface area (Å²) in [7, 11) is 0.